The van der Waals surface area contributed by atoms with E-state index in [1.807, 2.05) is 12.1 Å². The molecular formula is C14H21NO2. The second-order valence-corrected chi connectivity index (χ2v) is 4.55. The molecule has 1 aliphatic heterocycles. The Morgan fingerprint density at radius 3 is 2.82 bits per heavy atom. The molecule has 1 atom stereocenters. The van der Waals surface area contributed by atoms with Gasteiger partial charge in [0.1, 0.15) is 5.75 Å². The lowest BCUT2D eigenvalue weighted by Gasteiger charge is -2.27. The number of ether oxygens (including phenoxy) is 2. The van der Waals surface area contributed by atoms with Gasteiger partial charge in [-0.1, -0.05) is 12.1 Å². The van der Waals surface area contributed by atoms with Crippen molar-refractivity contribution in [3.63, 3.8) is 0 Å². The first-order chi connectivity index (χ1) is 8.29. The summed E-state index contributed by atoms with van der Waals surface area (Å²) in [6, 6.07) is 9.18. The highest BCUT2D eigenvalue weighted by molar-refractivity contribution is 5.30. The molecule has 2 rings (SSSR count). The van der Waals surface area contributed by atoms with E-state index in [9.17, 15) is 0 Å². The second kappa shape index (κ2) is 6.03. The molecule has 17 heavy (non-hydrogen) atoms. The molecule has 1 aliphatic rings. The first-order valence-electron chi connectivity index (χ1n) is 6.27. The summed E-state index contributed by atoms with van der Waals surface area (Å²) in [5.74, 6) is 0.920. The fourth-order valence-electron chi connectivity index (χ4n) is 2.22. The van der Waals surface area contributed by atoms with Gasteiger partial charge in [0.25, 0.3) is 0 Å². The van der Waals surface area contributed by atoms with Crippen molar-refractivity contribution in [1.29, 1.82) is 0 Å². The van der Waals surface area contributed by atoms with Crippen LogP contribution in [0.25, 0.3) is 0 Å². The van der Waals surface area contributed by atoms with Crippen molar-refractivity contribution < 1.29 is 9.47 Å². The third-order valence-corrected chi connectivity index (χ3v) is 3.30. The van der Waals surface area contributed by atoms with Gasteiger partial charge >= 0.3 is 0 Å². The van der Waals surface area contributed by atoms with Crippen LogP contribution >= 0.6 is 0 Å². The lowest BCUT2D eigenvalue weighted by atomic mass is 10.0. The van der Waals surface area contributed by atoms with Gasteiger partial charge < -0.3 is 14.8 Å². The summed E-state index contributed by atoms with van der Waals surface area (Å²) in [7, 11) is 1.70. The first-order valence-corrected chi connectivity index (χ1v) is 6.27. The molecule has 1 heterocycles. The SMILES string of the molecule is COc1cccc([C@H](C)NC2CCOCC2)c1. The van der Waals surface area contributed by atoms with Crippen molar-refractivity contribution in [1.82, 2.24) is 5.32 Å². The molecule has 0 spiro atoms. The van der Waals surface area contributed by atoms with Gasteiger partial charge in [0.15, 0.2) is 0 Å². The Bertz CT molecular complexity index is 348. The fourth-order valence-corrected chi connectivity index (χ4v) is 2.22. The Morgan fingerprint density at radius 1 is 1.35 bits per heavy atom. The molecule has 94 valence electrons. The summed E-state index contributed by atoms with van der Waals surface area (Å²) in [6.07, 6.45) is 2.21. The molecular weight excluding hydrogens is 214 g/mol. The van der Waals surface area contributed by atoms with Gasteiger partial charge in [-0.05, 0) is 37.5 Å². The van der Waals surface area contributed by atoms with Crippen LogP contribution in [0.5, 0.6) is 5.75 Å². The van der Waals surface area contributed by atoms with Crippen LogP contribution in [0.3, 0.4) is 0 Å². The van der Waals surface area contributed by atoms with Gasteiger partial charge in [-0.2, -0.15) is 0 Å². The van der Waals surface area contributed by atoms with E-state index < -0.39 is 0 Å². The largest absolute Gasteiger partial charge is 0.497 e. The smallest absolute Gasteiger partial charge is 0.119 e. The quantitative estimate of drug-likeness (QED) is 0.870. The Labute approximate surface area is 103 Å². The van der Waals surface area contributed by atoms with Gasteiger partial charge in [0.05, 0.1) is 7.11 Å². The van der Waals surface area contributed by atoms with Gasteiger partial charge in [-0.3, -0.25) is 0 Å². The molecule has 1 aromatic carbocycles. The standard InChI is InChI=1S/C14H21NO2/c1-11(15-13-6-8-17-9-7-13)12-4-3-5-14(10-12)16-2/h3-5,10-11,13,15H,6-9H2,1-2H3/t11-/m0/s1. The maximum absolute atomic E-state index is 5.36. The average molecular weight is 235 g/mol. The second-order valence-electron chi connectivity index (χ2n) is 4.55. The van der Waals surface area contributed by atoms with E-state index in [2.05, 4.69) is 24.4 Å². The van der Waals surface area contributed by atoms with Gasteiger partial charge in [0, 0.05) is 25.3 Å². The zero-order valence-corrected chi connectivity index (χ0v) is 10.6. The van der Waals surface area contributed by atoms with Gasteiger partial charge in [0.2, 0.25) is 0 Å². The number of benzene rings is 1. The number of nitrogens with one attached hydrogen (secondary N) is 1. The molecule has 0 aromatic heterocycles. The van der Waals surface area contributed by atoms with Crippen molar-refractivity contribution in [2.75, 3.05) is 20.3 Å². The molecule has 1 fully saturated rings. The van der Waals surface area contributed by atoms with Crippen LogP contribution in [-0.4, -0.2) is 26.4 Å². The summed E-state index contributed by atoms with van der Waals surface area (Å²) in [4.78, 5) is 0. The maximum Gasteiger partial charge on any atom is 0.119 e. The molecule has 1 aromatic rings. The molecule has 0 bridgehead atoms. The Morgan fingerprint density at radius 2 is 2.12 bits per heavy atom. The van der Waals surface area contributed by atoms with Crippen molar-refractivity contribution in [3.8, 4) is 5.75 Å². The van der Waals surface area contributed by atoms with Crippen molar-refractivity contribution >= 4 is 0 Å². The van der Waals surface area contributed by atoms with Gasteiger partial charge in [-0.25, -0.2) is 0 Å². The minimum absolute atomic E-state index is 0.355. The van der Waals surface area contributed by atoms with Crippen LogP contribution in [0.1, 0.15) is 31.4 Å². The summed E-state index contributed by atoms with van der Waals surface area (Å²) in [5, 5.41) is 3.65. The number of methoxy groups -OCH3 is 1. The van der Waals surface area contributed by atoms with E-state index in [-0.39, 0.29) is 0 Å². The van der Waals surface area contributed by atoms with Crippen molar-refractivity contribution in [3.05, 3.63) is 29.8 Å². The maximum atomic E-state index is 5.36. The molecule has 0 saturated carbocycles. The van der Waals surface area contributed by atoms with E-state index in [1.165, 1.54) is 5.56 Å². The zero-order valence-electron chi connectivity index (χ0n) is 10.6. The lowest BCUT2D eigenvalue weighted by molar-refractivity contribution is 0.0754. The number of hydrogen-bond donors (Lipinski definition) is 1. The van der Waals surface area contributed by atoms with Crippen molar-refractivity contribution in [2.45, 2.75) is 31.8 Å². The van der Waals surface area contributed by atoms with E-state index in [0.29, 0.717) is 12.1 Å². The van der Waals surface area contributed by atoms with Crippen LogP contribution in [0.2, 0.25) is 0 Å². The van der Waals surface area contributed by atoms with E-state index in [1.54, 1.807) is 7.11 Å². The highest BCUT2D eigenvalue weighted by Crippen LogP contribution is 2.20. The average Bonchev–Trinajstić information content (AvgIpc) is 2.40. The van der Waals surface area contributed by atoms with Crippen LogP contribution in [0, 0.1) is 0 Å². The lowest BCUT2D eigenvalue weighted by Crippen LogP contribution is -2.36. The van der Waals surface area contributed by atoms with Crippen LogP contribution in [0.4, 0.5) is 0 Å². The molecule has 3 nitrogen and oxygen atoms in total. The molecule has 0 aliphatic carbocycles. The normalized spacial score (nSPS) is 18.9. The minimum Gasteiger partial charge on any atom is -0.497 e. The highest BCUT2D eigenvalue weighted by Gasteiger charge is 2.16. The van der Waals surface area contributed by atoms with Crippen LogP contribution < -0.4 is 10.1 Å². The Hall–Kier alpha value is -1.06. The van der Waals surface area contributed by atoms with Crippen LogP contribution in [0.15, 0.2) is 24.3 Å². The first kappa shape index (κ1) is 12.4. The third kappa shape index (κ3) is 3.45. The van der Waals surface area contributed by atoms with Crippen LogP contribution in [-0.2, 0) is 4.74 Å². The van der Waals surface area contributed by atoms with Gasteiger partial charge in [-0.15, -0.1) is 0 Å². The fraction of sp³-hybridized carbons (Fsp3) is 0.571. The van der Waals surface area contributed by atoms with E-state index >= 15 is 0 Å². The molecule has 0 radical (unpaired) electrons. The minimum atomic E-state index is 0.355. The molecule has 0 unspecified atom stereocenters. The predicted octanol–water partition coefficient (Wildman–Crippen LogP) is 2.52. The summed E-state index contributed by atoms with van der Waals surface area (Å²) in [5.41, 5.74) is 1.27. The molecule has 1 N–H and O–H groups in total. The zero-order chi connectivity index (χ0) is 12.1. The van der Waals surface area contributed by atoms with E-state index in [4.69, 9.17) is 9.47 Å². The summed E-state index contributed by atoms with van der Waals surface area (Å²) >= 11 is 0. The molecule has 3 heteroatoms. The van der Waals surface area contributed by atoms with Crippen molar-refractivity contribution in [2.24, 2.45) is 0 Å². The Balaban J connectivity index is 1.95. The Kier molecular flexibility index (Phi) is 4.40. The molecule has 1 saturated heterocycles. The summed E-state index contributed by atoms with van der Waals surface area (Å²) in [6.45, 7) is 3.95. The number of hydrogen-bond acceptors (Lipinski definition) is 3. The highest BCUT2D eigenvalue weighted by atomic mass is 16.5. The third-order valence-electron chi connectivity index (χ3n) is 3.30. The van der Waals surface area contributed by atoms with E-state index in [0.717, 1.165) is 31.8 Å². The predicted molar refractivity (Wildman–Crippen MR) is 68.4 cm³/mol. The topological polar surface area (TPSA) is 30.5 Å². The molecule has 0 amide bonds. The summed E-state index contributed by atoms with van der Waals surface area (Å²) < 4.78 is 10.6. The monoisotopic (exact) mass is 235 g/mol. The number of rotatable bonds is 4.